The van der Waals surface area contributed by atoms with Gasteiger partial charge in [0.15, 0.2) is 18.1 Å². The molecular weight excluding hydrogens is 322 g/mol. The van der Waals surface area contributed by atoms with Crippen LogP contribution in [0, 0.1) is 5.92 Å². The fraction of sp³-hybridized carbons (Fsp3) is 0.579. The molecule has 1 saturated carbocycles. The molecule has 1 N–H and O–H groups in total. The van der Waals surface area contributed by atoms with Gasteiger partial charge >= 0.3 is 5.97 Å². The lowest BCUT2D eigenvalue weighted by Gasteiger charge is -2.29. The minimum absolute atomic E-state index is 0.172. The van der Waals surface area contributed by atoms with Crippen molar-refractivity contribution in [2.24, 2.45) is 5.92 Å². The van der Waals surface area contributed by atoms with Gasteiger partial charge in [-0.05, 0) is 43.9 Å². The molecule has 0 aromatic heterocycles. The minimum Gasteiger partial charge on any atom is -0.493 e. The van der Waals surface area contributed by atoms with Crippen LogP contribution in [0.1, 0.15) is 49.9 Å². The smallest absolute Gasteiger partial charge is 0.338 e. The molecule has 1 aromatic rings. The average molecular weight is 349 g/mol. The van der Waals surface area contributed by atoms with Crippen molar-refractivity contribution in [2.45, 2.75) is 45.6 Å². The van der Waals surface area contributed by atoms with Crippen molar-refractivity contribution in [2.75, 3.05) is 20.3 Å². The number of nitrogens with one attached hydrogen (secondary N) is 1. The summed E-state index contributed by atoms with van der Waals surface area (Å²) >= 11 is 0. The Balaban J connectivity index is 1.88. The molecule has 138 valence electrons. The summed E-state index contributed by atoms with van der Waals surface area (Å²) < 4.78 is 15.7. The van der Waals surface area contributed by atoms with Crippen LogP contribution in [0.4, 0.5) is 0 Å². The first kappa shape index (κ1) is 19.1. The fourth-order valence-corrected chi connectivity index (χ4v) is 3.06. The van der Waals surface area contributed by atoms with Crippen molar-refractivity contribution in [3.8, 4) is 11.5 Å². The number of methoxy groups -OCH3 is 1. The first-order chi connectivity index (χ1) is 12.0. The Morgan fingerprint density at radius 3 is 2.64 bits per heavy atom. The van der Waals surface area contributed by atoms with E-state index >= 15 is 0 Å². The maximum Gasteiger partial charge on any atom is 0.338 e. The molecule has 0 radical (unpaired) electrons. The zero-order valence-electron chi connectivity index (χ0n) is 15.2. The molecule has 0 unspecified atom stereocenters. The van der Waals surface area contributed by atoms with E-state index in [2.05, 4.69) is 12.2 Å². The lowest BCUT2D eigenvalue weighted by atomic mass is 9.86. The second kappa shape index (κ2) is 9.30. The number of benzene rings is 1. The maximum absolute atomic E-state index is 12.1. The first-order valence-electron chi connectivity index (χ1n) is 8.82. The van der Waals surface area contributed by atoms with Gasteiger partial charge in [-0.1, -0.05) is 19.8 Å². The number of ether oxygens (including phenoxy) is 3. The second-order valence-electron chi connectivity index (χ2n) is 6.31. The van der Waals surface area contributed by atoms with Gasteiger partial charge in [0.2, 0.25) is 0 Å². The molecule has 0 bridgehead atoms. The highest BCUT2D eigenvalue weighted by Crippen LogP contribution is 2.28. The number of hydrogen-bond donors (Lipinski definition) is 1. The van der Waals surface area contributed by atoms with Crippen LogP contribution < -0.4 is 14.8 Å². The van der Waals surface area contributed by atoms with Crippen LogP contribution in [0.5, 0.6) is 11.5 Å². The first-order valence-corrected chi connectivity index (χ1v) is 8.82. The monoisotopic (exact) mass is 349 g/mol. The van der Waals surface area contributed by atoms with E-state index in [0.717, 1.165) is 19.3 Å². The van der Waals surface area contributed by atoms with Crippen LogP contribution in [0.3, 0.4) is 0 Å². The predicted octanol–water partition coefficient (Wildman–Crippen LogP) is 2.95. The van der Waals surface area contributed by atoms with Gasteiger partial charge in [-0.25, -0.2) is 4.79 Å². The Kier molecular flexibility index (Phi) is 7.10. The van der Waals surface area contributed by atoms with Crippen LogP contribution in [-0.4, -0.2) is 38.2 Å². The van der Waals surface area contributed by atoms with E-state index in [4.69, 9.17) is 14.2 Å². The molecule has 1 aromatic carbocycles. The second-order valence-corrected chi connectivity index (χ2v) is 6.31. The number of amides is 1. The Morgan fingerprint density at radius 2 is 1.96 bits per heavy atom. The standard InChI is InChI=1S/C19H27NO5/c1-4-24-16-10-9-14(11-17(16)23-3)19(22)25-12-18(21)20-15-8-6-5-7-13(15)2/h9-11,13,15H,4-8,12H2,1-3H3,(H,20,21)/t13-,15+/m1/s1. The van der Waals surface area contributed by atoms with E-state index in [0.29, 0.717) is 29.6 Å². The molecule has 1 fully saturated rings. The van der Waals surface area contributed by atoms with Crippen LogP contribution >= 0.6 is 0 Å². The lowest BCUT2D eigenvalue weighted by molar-refractivity contribution is -0.125. The topological polar surface area (TPSA) is 73.9 Å². The van der Waals surface area contributed by atoms with Gasteiger partial charge in [0.25, 0.3) is 5.91 Å². The number of rotatable bonds is 7. The van der Waals surface area contributed by atoms with E-state index in [1.807, 2.05) is 6.92 Å². The quantitative estimate of drug-likeness (QED) is 0.766. The number of carbonyl (C=O) groups excluding carboxylic acids is 2. The summed E-state index contributed by atoms with van der Waals surface area (Å²) in [7, 11) is 1.51. The van der Waals surface area contributed by atoms with Gasteiger partial charge in [0.1, 0.15) is 0 Å². The van der Waals surface area contributed by atoms with Crippen LogP contribution in [0.2, 0.25) is 0 Å². The number of esters is 1. The van der Waals surface area contributed by atoms with Crippen molar-refractivity contribution in [1.29, 1.82) is 0 Å². The van der Waals surface area contributed by atoms with Gasteiger partial charge in [-0.2, -0.15) is 0 Å². The average Bonchev–Trinajstić information content (AvgIpc) is 2.62. The maximum atomic E-state index is 12.1. The minimum atomic E-state index is -0.562. The van der Waals surface area contributed by atoms with Crippen molar-refractivity contribution in [3.05, 3.63) is 23.8 Å². The summed E-state index contributed by atoms with van der Waals surface area (Å²) in [6, 6.07) is 4.97. The summed E-state index contributed by atoms with van der Waals surface area (Å²) in [6.45, 7) is 4.23. The van der Waals surface area contributed by atoms with Gasteiger partial charge in [0, 0.05) is 6.04 Å². The molecule has 25 heavy (non-hydrogen) atoms. The Hall–Kier alpha value is -2.24. The van der Waals surface area contributed by atoms with E-state index < -0.39 is 5.97 Å². The zero-order valence-corrected chi connectivity index (χ0v) is 15.2. The molecule has 0 spiro atoms. The van der Waals surface area contributed by atoms with E-state index in [-0.39, 0.29) is 18.6 Å². The molecular formula is C19H27NO5. The molecule has 2 rings (SSSR count). The fourth-order valence-electron chi connectivity index (χ4n) is 3.06. The zero-order chi connectivity index (χ0) is 18.2. The van der Waals surface area contributed by atoms with E-state index in [1.54, 1.807) is 18.2 Å². The molecule has 1 amide bonds. The van der Waals surface area contributed by atoms with Crippen LogP contribution in [0.25, 0.3) is 0 Å². The largest absolute Gasteiger partial charge is 0.493 e. The van der Waals surface area contributed by atoms with Crippen LogP contribution in [0.15, 0.2) is 18.2 Å². The number of hydrogen-bond acceptors (Lipinski definition) is 5. The molecule has 6 nitrogen and oxygen atoms in total. The van der Waals surface area contributed by atoms with Crippen molar-refractivity contribution >= 4 is 11.9 Å². The lowest BCUT2D eigenvalue weighted by Crippen LogP contribution is -2.42. The molecule has 1 aliphatic rings. The Labute approximate surface area is 148 Å². The third-order valence-corrected chi connectivity index (χ3v) is 4.49. The highest BCUT2D eigenvalue weighted by Gasteiger charge is 2.23. The van der Waals surface area contributed by atoms with E-state index in [9.17, 15) is 9.59 Å². The Morgan fingerprint density at radius 1 is 1.20 bits per heavy atom. The van der Waals surface area contributed by atoms with Crippen molar-refractivity contribution in [3.63, 3.8) is 0 Å². The van der Waals surface area contributed by atoms with Gasteiger partial charge in [0.05, 0.1) is 19.3 Å². The highest BCUT2D eigenvalue weighted by molar-refractivity contribution is 5.92. The molecule has 0 aliphatic heterocycles. The third kappa shape index (κ3) is 5.37. The van der Waals surface area contributed by atoms with Gasteiger partial charge in [-0.15, -0.1) is 0 Å². The van der Waals surface area contributed by atoms with Crippen molar-refractivity contribution in [1.82, 2.24) is 5.32 Å². The summed E-state index contributed by atoms with van der Waals surface area (Å²) in [6.07, 6.45) is 4.44. The summed E-state index contributed by atoms with van der Waals surface area (Å²) in [4.78, 5) is 24.2. The summed E-state index contributed by atoms with van der Waals surface area (Å²) in [5.41, 5.74) is 0.319. The normalized spacial score (nSPS) is 19.8. The van der Waals surface area contributed by atoms with Gasteiger partial charge in [-0.3, -0.25) is 4.79 Å². The highest BCUT2D eigenvalue weighted by atomic mass is 16.5. The predicted molar refractivity (Wildman–Crippen MR) is 94.0 cm³/mol. The SMILES string of the molecule is CCOc1ccc(C(=O)OCC(=O)N[C@H]2CCCC[C@H]2C)cc1OC. The number of carbonyl (C=O) groups is 2. The molecule has 0 heterocycles. The third-order valence-electron chi connectivity index (χ3n) is 4.49. The summed E-state index contributed by atoms with van der Waals surface area (Å²) in [5, 5.41) is 2.96. The van der Waals surface area contributed by atoms with E-state index in [1.165, 1.54) is 13.5 Å². The van der Waals surface area contributed by atoms with Crippen molar-refractivity contribution < 1.29 is 23.8 Å². The van der Waals surface area contributed by atoms with Crippen LogP contribution in [-0.2, 0) is 9.53 Å². The molecule has 0 saturated heterocycles. The van der Waals surface area contributed by atoms with Gasteiger partial charge < -0.3 is 19.5 Å². The molecule has 1 aliphatic carbocycles. The Bertz CT molecular complexity index is 601. The summed E-state index contributed by atoms with van der Waals surface area (Å²) in [5.74, 6) is 0.657. The molecule has 2 atom stereocenters. The molecule has 6 heteroatoms.